The Balaban J connectivity index is 2.88. The van der Waals surface area contributed by atoms with Gasteiger partial charge in [-0.2, -0.15) is 0 Å². The van der Waals surface area contributed by atoms with Crippen LogP contribution in [0, 0.1) is 0 Å². The van der Waals surface area contributed by atoms with Crippen molar-refractivity contribution >= 4 is 12.6 Å². The lowest BCUT2D eigenvalue weighted by Gasteiger charge is -1.92. The summed E-state index contributed by atoms with van der Waals surface area (Å²) in [5.41, 5.74) is 0.906. The maximum absolute atomic E-state index is 8.59. The smallest absolute Gasteiger partial charge is 0.0681 e. The van der Waals surface area contributed by atoms with Crippen LogP contribution in [0.1, 0.15) is 5.56 Å². The normalized spacial score (nSPS) is 9.44. The first-order valence-corrected chi connectivity index (χ1v) is 3.10. The highest BCUT2D eigenvalue weighted by Crippen LogP contribution is 2.06. The number of hydrogen-bond donors (Lipinski definition) is 1. The van der Waals surface area contributed by atoms with Crippen molar-refractivity contribution in [1.82, 2.24) is 0 Å². The zero-order chi connectivity index (χ0) is 6.69. The molecule has 0 fully saturated rings. The summed E-state index contributed by atoms with van der Waals surface area (Å²) >= 11 is 4.84. The van der Waals surface area contributed by atoms with Crippen molar-refractivity contribution in [1.29, 1.82) is 0 Å². The zero-order valence-corrected chi connectivity index (χ0v) is 5.69. The standard InChI is InChI=1S/C7H7OS/c8-5-6-1-3-7(9)4-2-6/h1-4,8H,5H2. The highest BCUT2D eigenvalue weighted by Gasteiger charge is 1.87. The van der Waals surface area contributed by atoms with Gasteiger partial charge in [0.25, 0.3) is 0 Å². The molecule has 1 rings (SSSR count). The highest BCUT2D eigenvalue weighted by atomic mass is 32.1. The average molecular weight is 139 g/mol. The third-order valence-corrected chi connectivity index (χ3v) is 1.38. The quantitative estimate of drug-likeness (QED) is 0.628. The molecule has 9 heavy (non-hydrogen) atoms. The number of aliphatic hydroxyl groups is 1. The maximum Gasteiger partial charge on any atom is 0.0681 e. The summed E-state index contributed by atoms with van der Waals surface area (Å²) in [4.78, 5) is 0.812. The minimum Gasteiger partial charge on any atom is -0.392 e. The van der Waals surface area contributed by atoms with Crippen molar-refractivity contribution in [3.63, 3.8) is 0 Å². The summed E-state index contributed by atoms with van der Waals surface area (Å²) in [5, 5.41) is 8.59. The lowest BCUT2D eigenvalue weighted by atomic mass is 10.2. The summed E-state index contributed by atoms with van der Waals surface area (Å²) in [6.45, 7) is 0.0929. The third kappa shape index (κ3) is 1.66. The van der Waals surface area contributed by atoms with Gasteiger partial charge in [-0.15, -0.1) is 0 Å². The van der Waals surface area contributed by atoms with Gasteiger partial charge >= 0.3 is 0 Å². The molecule has 1 aromatic carbocycles. The zero-order valence-electron chi connectivity index (χ0n) is 4.87. The molecule has 0 saturated heterocycles. The van der Waals surface area contributed by atoms with Crippen LogP contribution in [0.25, 0.3) is 0 Å². The molecule has 0 unspecified atom stereocenters. The van der Waals surface area contributed by atoms with Crippen molar-refractivity contribution in [3.8, 4) is 0 Å². The first kappa shape index (κ1) is 6.52. The van der Waals surface area contributed by atoms with Crippen molar-refractivity contribution in [3.05, 3.63) is 29.8 Å². The van der Waals surface area contributed by atoms with E-state index in [9.17, 15) is 0 Å². The molecular formula is C7H7OS. The van der Waals surface area contributed by atoms with Crippen LogP contribution in [0.5, 0.6) is 0 Å². The molecule has 1 aromatic rings. The third-order valence-electron chi connectivity index (χ3n) is 1.11. The van der Waals surface area contributed by atoms with Gasteiger partial charge in [0.2, 0.25) is 0 Å². The van der Waals surface area contributed by atoms with Crippen molar-refractivity contribution in [2.24, 2.45) is 0 Å². The van der Waals surface area contributed by atoms with Crippen LogP contribution >= 0.6 is 12.6 Å². The first-order valence-electron chi connectivity index (χ1n) is 2.70. The van der Waals surface area contributed by atoms with Crippen molar-refractivity contribution in [2.45, 2.75) is 11.5 Å². The largest absolute Gasteiger partial charge is 0.392 e. The molecule has 0 aliphatic rings. The summed E-state index contributed by atoms with van der Waals surface area (Å²) in [5.74, 6) is 0. The van der Waals surface area contributed by atoms with Gasteiger partial charge in [-0.25, -0.2) is 0 Å². The molecule has 47 valence electrons. The van der Waals surface area contributed by atoms with E-state index in [4.69, 9.17) is 17.7 Å². The molecule has 0 amide bonds. The Morgan fingerprint density at radius 2 is 1.78 bits per heavy atom. The van der Waals surface area contributed by atoms with Gasteiger partial charge in [0.1, 0.15) is 0 Å². The lowest BCUT2D eigenvalue weighted by molar-refractivity contribution is 0.282. The van der Waals surface area contributed by atoms with Crippen LogP contribution in [0.4, 0.5) is 0 Å². The molecule has 0 bridgehead atoms. The second-order valence-corrected chi connectivity index (χ2v) is 2.27. The van der Waals surface area contributed by atoms with Crippen LogP contribution in [0.3, 0.4) is 0 Å². The monoisotopic (exact) mass is 139 g/mol. The van der Waals surface area contributed by atoms with Crippen LogP contribution in [0.15, 0.2) is 29.2 Å². The average Bonchev–Trinajstić information content (AvgIpc) is 1.90. The van der Waals surface area contributed by atoms with E-state index in [0.717, 1.165) is 10.5 Å². The fourth-order valence-electron chi connectivity index (χ4n) is 0.595. The van der Waals surface area contributed by atoms with Gasteiger partial charge in [0.15, 0.2) is 0 Å². The molecule has 2 heteroatoms. The second kappa shape index (κ2) is 2.80. The molecule has 0 heterocycles. The van der Waals surface area contributed by atoms with Crippen molar-refractivity contribution in [2.75, 3.05) is 0 Å². The number of aliphatic hydroxyl groups excluding tert-OH is 1. The lowest BCUT2D eigenvalue weighted by Crippen LogP contribution is -1.79. The topological polar surface area (TPSA) is 20.2 Å². The molecule has 1 N–H and O–H groups in total. The molecule has 1 nitrogen and oxygen atoms in total. The molecule has 0 aliphatic carbocycles. The Bertz CT molecular complexity index is 181. The van der Waals surface area contributed by atoms with E-state index in [1.807, 2.05) is 12.1 Å². The summed E-state index contributed by atoms with van der Waals surface area (Å²) in [6.07, 6.45) is 0. The minimum absolute atomic E-state index is 0.0929. The molecule has 0 aromatic heterocycles. The molecular weight excluding hydrogens is 132 g/mol. The van der Waals surface area contributed by atoms with Crippen LogP contribution in [-0.2, 0) is 6.61 Å². The van der Waals surface area contributed by atoms with E-state index in [0.29, 0.717) is 0 Å². The summed E-state index contributed by atoms with van der Waals surface area (Å²) in [6, 6.07) is 7.26. The van der Waals surface area contributed by atoms with Crippen LogP contribution in [-0.4, -0.2) is 5.11 Å². The second-order valence-electron chi connectivity index (χ2n) is 1.80. The van der Waals surface area contributed by atoms with Crippen molar-refractivity contribution < 1.29 is 5.11 Å². The summed E-state index contributed by atoms with van der Waals surface area (Å²) < 4.78 is 0. The van der Waals surface area contributed by atoms with Gasteiger partial charge in [0.05, 0.1) is 6.61 Å². The maximum atomic E-state index is 8.59. The fourth-order valence-corrected chi connectivity index (χ4v) is 0.731. The Morgan fingerprint density at radius 1 is 1.22 bits per heavy atom. The molecule has 0 saturated carbocycles. The molecule has 0 aliphatic heterocycles. The van der Waals surface area contributed by atoms with E-state index >= 15 is 0 Å². The van der Waals surface area contributed by atoms with E-state index < -0.39 is 0 Å². The Kier molecular flexibility index (Phi) is 2.03. The Labute approximate surface area is 59.7 Å². The fraction of sp³-hybridized carbons (Fsp3) is 0.143. The Morgan fingerprint density at radius 3 is 2.22 bits per heavy atom. The van der Waals surface area contributed by atoms with Gasteiger partial charge < -0.3 is 5.11 Å². The number of benzene rings is 1. The highest BCUT2D eigenvalue weighted by molar-refractivity contribution is 7.80. The van der Waals surface area contributed by atoms with Crippen LogP contribution < -0.4 is 0 Å². The van der Waals surface area contributed by atoms with E-state index in [2.05, 4.69) is 0 Å². The number of rotatable bonds is 1. The van der Waals surface area contributed by atoms with Gasteiger partial charge in [0, 0.05) is 4.90 Å². The van der Waals surface area contributed by atoms with Crippen LogP contribution in [0.2, 0.25) is 0 Å². The first-order chi connectivity index (χ1) is 4.33. The molecule has 0 spiro atoms. The summed E-state index contributed by atoms with van der Waals surface area (Å²) in [7, 11) is 0. The SMILES string of the molecule is OCc1ccc([S])cc1. The van der Waals surface area contributed by atoms with Gasteiger partial charge in [-0.3, -0.25) is 0 Å². The van der Waals surface area contributed by atoms with Gasteiger partial charge in [-0.1, -0.05) is 24.8 Å². The van der Waals surface area contributed by atoms with E-state index in [1.165, 1.54) is 0 Å². The van der Waals surface area contributed by atoms with E-state index in [-0.39, 0.29) is 6.61 Å². The molecule has 0 atom stereocenters. The predicted octanol–water partition coefficient (Wildman–Crippen LogP) is 1.74. The predicted molar refractivity (Wildman–Crippen MR) is 38.2 cm³/mol. The van der Waals surface area contributed by atoms with E-state index in [1.54, 1.807) is 12.1 Å². The Hall–Kier alpha value is -0.600. The molecule has 1 radical (unpaired) electrons. The number of hydrogen-bond acceptors (Lipinski definition) is 1. The van der Waals surface area contributed by atoms with Gasteiger partial charge in [-0.05, 0) is 17.7 Å². The minimum atomic E-state index is 0.0929.